The number of rotatable bonds is 3. The first-order valence-corrected chi connectivity index (χ1v) is 7.02. The molecule has 2 aromatic rings. The van der Waals surface area contributed by atoms with E-state index in [-0.39, 0.29) is 0 Å². The van der Waals surface area contributed by atoms with Gasteiger partial charge in [0.15, 0.2) is 0 Å². The van der Waals surface area contributed by atoms with Crippen LogP contribution in [-0.2, 0) is 19.8 Å². The lowest BCUT2D eigenvalue weighted by molar-refractivity contribution is 0.561. The number of isocyanates is 2. The molecule has 0 bridgehead atoms. The summed E-state index contributed by atoms with van der Waals surface area (Å²) in [6, 6.07) is 20.8. The maximum absolute atomic E-state index is 9.97. The van der Waals surface area contributed by atoms with Gasteiger partial charge in [0.2, 0.25) is 0 Å². The molecule has 0 aromatic heterocycles. The summed E-state index contributed by atoms with van der Waals surface area (Å²) in [6.07, 6.45) is 1.41. The van der Waals surface area contributed by atoms with E-state index in [0.29, 0.717) is 12.2 Å². The van der Waals surface area contributed by atoms with E-state index in [1.165, 1.54) is 11.1 Å². The molecular formula is C14H10N2O4S. The summed E-state index contributed by atoms with van der Waals surface area (Å²) in [6.45, 7) is 0. The number of benzene rings is 2. The molecule has 0 saturated heterocycles. The van der Waals surface area contributed by atoms with E-state index in [1.54, 1.807) is 0 Å². The Bertz CT molecular complexity index is 700. The van der Waals surface area contributed by atoms with Crippen LogP contribution in [0.2, 0.25) is 0 Å². The van der Waals surface area contributed by atoms with Crippen LogP contribution in [0.3, 0.4) is 0 Å². The fourth-order valence-corrected chi connectivity index (χ4v) is 1.61. The molecule has 7 heteroatoms. The van der Waals surface area contributed by atoms with Crippen molar-refractivity contribution < 1.29 is 18.0 Å². The Kier molecular flexibility index (Phi) is 6.44. The third-order valence-electron chi connectivity index (χ3n) is 2.19. The molecule has 0 unspecified atom stereocenters. The zero-order chi connectivity index (χ0) is 15.6. The lowest BCUT2D eigenvalue weighted by Gasteiger charge is -1.98. The molecule has 0 spiro atoms. The number of nitrogens with zero attached hydrogens (tertiary/aromatic N) is 2. The number of hydrogen-bond donors (Lipinski definition) is 0. The molecular weight excluding hydrogens is 292 g/mol. The molecule has 0 radical (unpaired) electrons. The second-order valence-corrected chi connectivity index (χ2v) is 4.81. The molecule has 0 aliphatic heterocycles. The van der Waals surface area contributed by atoms with Gasteiger partial charge in [-0.2, -0.15) is 8.42 Å². The summed E-state index contributed by atoms with van der Waals surface area (Å²) < 4.78 is 24.3. The highest BCUT2D eigenvalue weighted by Gasteiger charge is 2.00. The molecule has 0 atom stereocenters. The first-order chi connectivity index (χ1) is 10.1. The van der Waals surface area contributed by atoms with Crippen molar-refractivity contribution in [1.82, 2.24) is 0 Å². The third-order valence-corrected chi connectivity index (χ3v) is 2.80. The highest BCUT2D eigenvalue weighted by molar-refractivity contribution is 7.89. The standard InChI is InChI=1S/C12H10.C2N2O4S/c1-3-7-11(8-4-1)12-9-5-2-6-10-12;5-1-3-9(7,8)4-2-6/h1-10H;. The highest BCUT2D eigenvalue weighted by Crippen LogP contribution is 2.17. The van der Waals surface area contributed by atoms with E-state index in [1.807, 2.05) is 12.1 Å². The summed E-state index contributed by atoms with van der Waals surface area (Å²) in [5.74, 6) is 0. The monoisotopic (exact) mass is 302 g/mol. The molecule has 106 valence electrons. The summed E-state index contributed by atoms with van der Waals surface area (Å²) in [7, 11) is -4.28. The van der Waals surface area contributed by atoms with Gasteiger partial charge in [-0.25, -0.2) is 9.59 Å². The second-order valence-electron chi connectivity index (χ2n) is 3.55. The second kappa shape index (κ2) is 8.35. The summed E-state index contributed by atoms with van der Waals surface area (Å²) in [5.41, 5.74) is 2.55. The number of carbonyl (C=O) groups excluding carboxylic acids is 2. The van der Waals surface area contributed by atoms with E-state index in [4.69, 9.17) is 0 Å². The summed E-state index contributed by atoms with van der Waals surface area (Å²) in [5, 5.41) is 0. The van der Waals surface area contributed by atoms with Crippen LogP contribution in [-0.4, -0.2) is 20.6 Å². The van der Waals surface area contributed by atoms with Gasteiger partial charge in [-0.3, -0.25) is 0 Å². The Balaban J connectivity index is 0.000000222. The smallest absolute Gasteiger partial charge is 0.210 e. The van der Waals surface area contributed by atoms with Gasteiger partial charge < -0.3 is 0 Å². The minimum Gasteiger partial charge on any atom is -0.210 e. The molecule has 6 nitrogen and oxygen atoms in total. The molecule has 0 N–H and O–H groups in total. The van der Waals surface area contributed by atoms with Gasteiger partial charge in [-0.1, -0.05) is 69.5 Å². The zero-order valence-corrected chi connectivity index (χ0v) is 11.5. The minimum atomic E-state index is -4.28. The normalized spacial score (nSPS) is 9.33. The molecule has 0 saturated carbocycles. The van der Waals surface area contributed by atoms with Crippen molar-refractivity contribution in [3.05, 3.63) is 60.7 Å². The largest absolute Gasteiger partial charge is 0.383 e. The predicted molar refractivity (Wildman–Crippen MR) is 77.0 cm³/mol. The van der Waals surface area contributed by atoms with E-state index in [2.05, 4.69) is 57.3 Å². The maximum atomic E-state index is 9.97. The van der Waals surface area contributed by atoms with E-state index >= 15 is 0 Å². The van der Waals surface area contributed by atoms with Gasteiger partial charge in [0.1, 0.15) is 0 Å². The van der Waals surface area contributed by atoms with Crippen LogP contribution in [0, 0.1) is 0 Å². The Morgan fingerprint density at radius 1 is 0.667 bits per heavy atom. The lowest BCUT2D eigenvalue weighted by atomic mass is 10.1. The first kappa shape index (κ1) is 16.2. The lowest BCUT2D eigenvalue weighted by Crippen LogP contribution is -1.86. The molecule has 0 aliphatic carbocycles. The summed E-state index contributed by atoms with van der Waals surface area (Å²) >= 11 is 0. The van der Waals surface area contributed by atoms with Crippen LogP contribution >= 0.6 is 0 Å². The van der Waals surface area contributed by atoms with Crippen LogP contribution in [0.4, 0.5) is 0 Å². The Hall–Kier alpha value is -2.85. The van der Waals surface area contributed by atoms with Crippen molar-refractivity contribution >= 4 is 22.4 Å². The quantitative estimate of drug-likeness (QED) is 0.642. The molecule has 2 aromatic carbocycles. The Morgan fingerprint density at radius 3 is 1.29 bits per heavy atom. The topological polar surface area (TPSA) is 93.0 Å². The minimum absolute atomic E-state index is 0.707. The van der Waals surface area contributed by atoms with Crippen LogP contribution in [0.15, 0.2) is 69.5 Å². The van der Waals surface area contributed by atoms with E-state index in [9.17, 15) is 18.0 Å². The molecule has 21 heavy (non-hydrogen) atoms. The molecule has 2 rings (SSSR count). The van der Waals surface area contributed by atoms with Crippen molar-refractivity contribution in [2.75, 3.05) is 0 Å². The van der Waals surface area contributed by atoms with Crippen molar-refractivity contribution in [2.45, 2.75) is 0 Å². The first-order valence-electron chi connectivity index (χ1n) is 5.63. The Morgan fingerprint density at radius 2 is 1.00 bits per heavy atom. The van der Waals surface area contributed by atoms with Crippen LogP contribution < -0.4 is 0 Å². The van der Waals surface area contributed by atoms with Crippen molar-refractivity contribution in [2.24, 2.45) is 8.80 Å². The Labute approximate surface area is 121 Å². The molecule has 0 fully saturated rings. The maximum Gasteiger partial charge on any atom is 0.383 e. The van der Waals surface area contributed by atoms with Gasteiger partial charge in [-0.05, 0) is 11.1 Å². The van der Waals surface area contributed by atoms with Crippen LogP contribution in [0.5, 0.6) is 0 Å². The van der Waals surface area contributed by atoms with Crippen LogP contribution in [0.1, 0.15) is 0 Å². The fraction of sp³-hybridized carbons (Fsp3) is 0. The van der Waals surface area contributed by atoms with Gasteiger partial charge in [0.05, 0.1) is 0 Å². The molecule has 0 amide bonds. The van der Waals surface area contributed by atoms with Crippen molar-refractivity contribution in [3.8, 4) is 11.1 Å². The molecule has 0 heterocycles. The molecule has 0 aliphatic rings. The van der Waals surface area contributed by atoms with Gasteiger partial charge in [0.25, 0.3) is 12.2 Å². The average Bonchev–Trinajstić information content (AvgIpc) is 2.49. The van der Waals surface area contributed by atoms with Crippen LogP contribution in [0.25, 0.3) is 11.1 Å². The summed E-state index contributed by atoms with van der Waals surface area (Å²) in [4.78, 5) is 18.5. The predicted octanol–water partition coefficient (Wildman–Crippen LogP) is 2.26. The van der Waals surface area contributed by atoms with E-state index < -0.39 is 10.2 Å². The fourth-order valence-electron chi connectivity index (χ4n) is 1.38. The average molecular weight is 302 g/mol. The highest BCUT2D eigenvalue weighted by atomic mass is 32.2. The van der Waals surface area contributed by atoms with Crippen molar-refractivity contribution in [3.63, 3.8) is 0 Å². The van der Waals surface area contributed by atoms with Gasteiger partial charge in [-0.15, -0.1) is 0 Å². The van der Waals surface area contributed by atoms with Gasteiger partial charge >= 0.3 is 10.2 Å². The SMILES string of the molecule is O=C=NS(=O)(=O)N=C=O.c1ccc(-c2ccccc2)cc1. The third kappa shape index (κ3) is 6.22. The van der Waals surface area contributed by atoms with Crippen molar-refractivity contribution in [1.29, 1.82) is 0 Å². The number of hydrogen-bond acceptors (Lipinski definition) is 4. The van der Waals surface area contributed by atoms with E-state index in [0.717, 1.165) is 0 Å². The zero-order valence-electron chi connectivity index (χ0n) is 10.7. The van der Waals surface area contributed by atoms with Gasteiger partial charge in [0, 0.05) is 0 Å².